The molecule has 3 aliphatic heterocycles. The van der Waals surface area contributed by atoms with Gasteiger partial charge in [-0.25, -0.2) is 42.2 Å². The number of hydrogen-bond donors (Lipinski definition) is 12. The first-order chi connectivity index (χ1) is 32.8. The van der Waals surface area contributed by atoms with Gasteiger partial charge in [0.15, 0.2) is 31.1 Å². The van der Waals surface area contributed by atoms with E-state index in [1.165, 1.54) is 0 Å². The van der Waals surface area contributed by atoms with Gasteiger partial charge in [-0.05, 0) is 0 Å². The van der Waals surface area contributed by atoms with Crippen LogP contribution in [0.1, 0.15) is 0 Å². The van der Waals surface area contributed by atoms with Crippen molar-refractivity contribution < 1.29 is 202 Å². The Kier molecular flexibility index (Phi) is 21.9. The van der Waals surface area contributed by atoms with Gasteiger partial charge in [0, 0.05) is 0 Å². The van der Waals surface area contributed by atoms with Crippen molar-refractivity contribution in [1.82, 2.24) is 0 Å². The Labute approximate surface area is 413 Å². The van der Waals surface area contributed by atoms with Crippen LogP contribution in [0, 0.1) is 0 Å². The highest BCUT2D eigenvalue weighted by atomic mass is 32.3. The Morgan fingerprint density at radius 3 is 0.919 bits per heavy atom. The normalized spacial score (nSPS) is 32.8. The van der Waals surface area contributed by atoms with E-state index in [9.17, 15) is 132 Å². The van der Waals surface area contributed by atoms with E-state index >= 15 is 0 Å². The molecule has 3 saturated heterocycles. The minimum absolute atomic E-state index is 1.85. The van der Waals surface area contributed by atoms with Crippen molar-refractivity contribution in [2.24, 2.45) is 0 Å². The topological polar surface area (TPSA) is 706 Å². The van der Waals surface area contributed by atoms with Gasteiger partial charge in [0.2, 0.25) is 0 Å². The van der Waals surface area contributed by atoms with Gasteiger partial charge in [-0.15, -0.1) is 0 Å². The molecule has 46 nitrogen and oxygen atoms in total. The fourth-order valence-electron chi connectivity index (χ4n) is 6.12. The largest absolute Gasteiger partial charge is 0.469 e. The number of rotatable bonds is 27. The number of hydrogen-bond acceptors (Lipinski definition) is 35. The second-order valence-corrected chi connectivity index (χ2v) is 24.2. The van der Waals surface area contributed by atoms with E-state index in [-0.39, 0.29) is 0 Å². The SMILES string of the molecule is O=P(O)(O)OCC1OC(OC2C(OS(=O)(=O)O)C(COS(=O)(=O)O)OC(OC3C(O)OC(COS(=O)(=O)O)C(OS(=O)(=O)O)C3OS(=O)(=O)O)C2OS(=O)(=O)O)C(OS(=O)(=O)O)C(OS(=O)(=O)O)C1OS(=O)(=O)O. The highest BCUT2D eigenvalue weighted by Crippen LogP contribution is 2.41. The molecular formula is C18H33O46PS9. The summed E-state index contributed by atoms with van der Waals surface area (Å²) in [4.78, 5) is 18.6. The summed E-state index contributed by atoms with van der Waals surface area (Å²) in [5.41, 5.74) is 0. The average Bonchev–Trinajstić information content (AvgIpc) is 3.11. The average molecular weight is 1300 g/mol. The summed E-state index contributed by atoms with van der Waals surface area (Å²) in [5.74, 6) is 0. The molecule has 3 heterocycles. The first kappa shape index (κ1) is 67.0. The molecule has 3 aliphatic rings. The molecule has 0 bridgehead atoms. The molecule has 12 N–H and O–H groups in total. The molecular weight excluding hydrogens is 1270 g/mol. The zero-order valence-corrected chi connectivity index (χ0v) is 42.4. The zero-order valence-electron chi connectivity index (χ0n) is 34.2. The summed E-state index contributed by atoms with van der Waals surface area (Å²) in [6.07, 6.45) is -50.3. The van der Waals surface area contributed by atoms with E-state index in [0.29, 0.717) is 0 Å². The van der Waals surface area contributed by atoms with Crippen LogP contribution < -0.4 is 0 Å². The molecule has 3 rings (SSSR count). The maximum atomic E-state index is 12.4. The number of ether oxygens (including phenoxy) is 5. The Hall–Kier alpha value is -1.30. The molecule has 15 unspecified atom stereocenters. The van der Waals surface area contributed by atoms with Crippen LogP contribution in [0.15, 0.2) is 0 Å². The van der Waals surface area contributed by atoms with Crippen molar-refractivity contribution >= 4 is 101 Å². The highest BCUT2D eigenvalue weighted by Gasteiger charge is 2.61. The van der Waals surface area contributed by atoms with Crippen molar-refractivity contribution in [3.8, 4) is 0 Å². The molecule has 3 fully saturated rings. The summed E-state index contributed by atoms with van der Waals surface area (Å²) < 4.78 is 380. The van der Waals surface area contributed by atoms with Gasteiger partial charge in [-0.3, -0.25) is 45.5 Å². The van der Waals surface area contributed by atoms with Crippen LogP contribution in [-0.2, 0) is 164 Å². The minimum atomic E-state index is -6.49. The van der Waals surface area contributed by atoms with Crippen molar-refractivity contribution in [1.29, 1.82) is 0 Å². The molecule has 440 valence electrons. The van der Waals surface area contributed by atoms with Crippen LogP contribution in [0.5, 0.6) is 0 Å². The molecule has 0 aromatic carbocycles. The van der Waals surface area contributed by atoms with E-state index in [4.69, 9.17) is 28.2 Å². The Morgan fingerprint density at radius 1 is 0.338 bits per heavy atom. The summed E-state index contributed by atoms with van der Waals surface area (Å²) in [6, 6.07) is 0. The third-order valence-electron chi connectivity index (χ3n) is 8.17. The molecule has 0 amide bonds. The van der Waals surface area contributed by atoms with Crippen LogP contribution in [0.2, 0.25) is 0 Å². The summed E-state index contributed by atoms with van der Waals surface area (Å²) in [5, 5.41) is 11.0. The summed E-state index contributed by atoms with van der Waals surface area (Å²) in [7, 11) is -61.8. The lowest BCUT2D eigenvalue weighted by atomic mass is 9.96. The number of aliphatic hydroxyl groups is 1. The first-order valence-corrected chi connectivity index (χ1v) is 31.1. The molecule has 56 heteroatoms. The Balaban J connectivity index is 2.51. The van der Waals surface area contributed by atoms with E-state index in [0.717, 1.165) is 0 Å². The highest BCUT2D eigenvalue weighted by molar-refractivity contribution is 7.82. The monoisotopic (exact) mass is 1300 g/mol. The second-order valence-electron chi connectivity index (χ2n) is 13.5. The zero-order chi connectivity index (χ0) is 57.4. The molecule has 15 atom stereocenters. The van der Waals surface area contributed by atoms with Crippen LogP contribution in [0.3, 0.4) is 0 Å². The molecule has 74 heavy (non-hydrogen) atoms. The van der Waals surface area contributed by atoms with E-state index in [1.54, 1.807) is 0 Å². The van der Waals surface area contributed by atoms with Crippen molar-refractivity contribution in [3.63, 3.8) is 0 Å². The van der Waals surface area contributed by atoms with Gasteiger partial charge in [-0.1, -0.05) is 0 Å². The van der Waals surface area contributed by atoms with E-state index in [2.05, 4.69) is 42.2 Å². The van der Waals surface area contributed by atoms with Crippen LogP contribution >= 0.6 is 7.82 Å². The van der Waals surface area contributed by atoms with Gasteiger partial charge >= 0.3 is 101 Å². The fourth-order valence-corrected chi connectivity index (χ4v) is 10.6. The lowest BCUT2D eigenvalue weighted by Gasteiger charge is -2.49. The second kappa shape index (κ2) is 24.2. The van der Waals surface area contributed by atoms with Crippen molar-refractivity contribution in [2.45, 2.75) is 92.1 Å². The quantitative estimate of drug-likeness (QED) is 0.0268. The third-order valence-corrected chi connectivity index (χ3v) is 12.8. The predicted octanol–water partition coefficient (Wildman–Crippen LogP) is -9.01. The van der Waals surface area contributed by atoms with Gasteiger partial charge in [0.05, 0.1) is 19.8 Å². The molecule has 0 aliphatic carbocycles. The standard InChI is InChI=1S/C18H33O46PS9/c19-16-13(11(61-71(38,39)40)9(60-70(35,36)37)5(53-16)2-51-66(23,24)25)57-17-14(63-73(44,45)46)10(7(58-68(29,30)31)6(55-17)3-52-67(26,27)28)56-18-15(64-74(47,48)49)12(62-72(41,42)43)8(59-69(32,33)34)4(54-18)1-50-65(20,21)22/h4-19H,1-3H2,(H2,20,21,22)(H,23,24,25)(H,26,27,28)(H,29,30,31)(H,32,33,34)(H,35,36,37)(H,38,39,40)(H,41,42,43)(H,44,45,46)(H,47,48,49). The Bertz CT molecular complexity index is 3060. The molecule has 0 aromatic rings. The molecule has 0 radical (unpaired) electrons. The van der Waals surface area contributed by atoms with Gasteiger partial charge in [-0.2, -0.15) is 75.8 Å². The Morgan fingerprint density at radius 2 is 0.595 bits per heavy atom. The number of phosphoric acid groups is 1. The molecule has 0 spiro atoms. The fraction of sp³-hybridized carbons (Fsp3) is 1.00. The van der Waals surface area contributed by atoms with Crippen LogP contribution in [0.25, 0.3) is 0 Å². The van der Waals surface area contributed by atoms with E-state index < -0.39 is 213 Å². The minimum Gasteiger partial charge on any atom is -0.366 e. The predicted molar refractivity (Wildman–Crippen MR) is 206 cm³/mol. The third kappa shape index (κ3) is 24.0. The van der Waals surface area contributed by atoms with Crippen LogP contribution in [-0.4, -0.2) is 244 Å². The van der Waals surface area contributed by atoms with Crippen molar-refractivity contribution in [2.75, 3.05) is 19.8 Å². The van der Waals surface area contributed by atoms with Crippen LogP contribution in [0.4, 0.5) is 0 Å². The first-order valence-electron chi connectivity index (χ1n) is 17.3. The van der Waals surface area contributed by atoms with Gasteiger partial charge in [0.1, 0.15) is 61.0 Å². The van der Waals surface area contributed by atoms with Gasteiger partial charge < -0.3 is 38.6 Å². The number of phosphoric ester groups is 1. The van der Waals surface area contributed by atoms with E-state index in [1.807, 2.05) is 0 Å². The number of aliphatic hydroxyl groups excluding tert-OH is 1. The summed E-state index contributed by atoms with van der Waals surface area (Å²) in [6.45, 7) is -6.00. The smallest absolute Gasteiger partial charge is 0.366 e. The maximum absolute atomic E-state index is 12.4. The lowest BCUT2D eigenvalue weighted by molar-refractivity contribution is -0.373. The molecule has 0 aromatic heterocycles. The molecule has 0 saturated carbocycles. The lowest BCUT2D eigenvalue weighted by Crippen LogP contribution is -2.69. The van der Waals surface area contributed by atoms with Crippen molar-refractivity contribution in [3.05, 3.63) is 0 Å². The van der Waals surface area contributed by atoms with Gasteiger partial charge in [0.25, 0.3) is 0 Å². The summed E-state index contributed by atoms with van der Waals surface area (Å²) >= 11 is 0. The maximum Gasteiger partial charge on any atom is 0.469 e.